The first kappa shape index (κ1) is 17.9. The van der Waals surface area contributed by atoms with E-state index in [4.69, 9.17) is 5.73 Å². The fourth-order valence-electron chi connectivity index (χ4n) is 1.89. The third kappa shape index (κ3) is 4.94. The lowest BCUT2D eigenvalue weighted by Crippen LogP contribution is -2.28. The number of nitrogens with one attached hydrogen (secondary N) is 1. The number of hydrogen-bond donors (Lipinski definition) is 2. The van der Waals surface area contributed by atoms with Crippen LogP contribution in [0.15, 0.2) is 10.3 Å². The van der Waals surface area contributed by atoms with Crippen molar-refractivity contribution in [2.45, 2.75) is 43.7 Å². The highest BCUT2D eigenvalue weighted by Crippen LogP contribution is 2.34. The molecular formula is C12H21N3O4S2. The van der Waals surface area contributed by atoms with Crippen molar-refractivity contribution in [3.05, 3.63) is 16.2 Å². The number of nitrogens with two attached hydrogens (primary N) is 1. The summed E-state index contributed by atoms with van der Waals surface area (Å²) >= 11 is 0.712. The van der Waals surface area contributed by atoms with Gasteiger partial charge in [-0.05, 0) is 12.3 Å². The zero-order chi connectivity index (χ0) is 16.0. The number of nitro groups is 1. The fraction of sp³-hybridized carbons (Fsp3) is 0.667. The molecule has 0 aromatic carbocycles. The second kappa shape index (κ2) is 7.71. The monoisotopic (exact) mass is 335 g/mol. The first-order chi connectivity index (χ1) is 9.81. The average molecular weight is 335 g/mol. The quantitative estimate of drug-likeness (QED) is 0.532. The maximum Gasteiger partial charge on any atom is 0.304 e. The van der Waals surface area contributed by atoms with Gasteiger partial charge in [-0.2, -0.15) is 0 Å². The Kier molecular flexibility index (Phi) is 6.56. The highest BCUT2D eigenvalue weighted by atomic mass is 32.2. The van der Waals surface area contributed by atoms with Crippen LogP contribution in [0.2, 0.25) is 0 Å². The Bertz CT molecular complexity index is 583. The first-order valence-electron chi connectivity index (χ1n) is 6.85. The van der Waals surface area contributed by atoms with E-state index in [1.54, 1.807) is 0 Å². The molecule has 0 saturated heterocycles. The lowest BCUT2D eigenvalue weighted by molar-refractivity contribution is -0.383. The minimum Gasteiger partial charge on any atom is -0.385 e. The van der Waals surface area contributed by atoms with Gasteiger partial charge in [-0.3, -0.25) is 10.1 Å². The topological polar surface area (TPSA) is 115 Å². The smallest absolute Gasteiger partial charge is 0.304 e. The maximum atomic E-state index is 12.1. The minimum atomic E-state index is -3.74. The Labute approximate surface area is 128 Å². The van der Waals surface area contributed by atoms with Gasteiger partial charge in [-0.15, -0.1) is 0 Å². The molecule has 1 aromatic rings. The Morgan fingerprint density at radius 2 is 2.14 bits per heavy atom. The van der Waals surface area contributed by atoms with Crippen molar-refractivity contribution < 1.29 is 13.3 Å². The van der Waals surface area contributed by atoms with Crippen LogP contribution in [0.25, 0.3) is 0 Å². The van der Waals surface area contributed by atoms with E-state index in [9.17, 15) is 18.5 Å². The number of anilines is 1. The predicted molar refractivity (Wildman–Crippen MR) is 83.9 cm³/mol. The molecular weight excluding hydrogens is 314 g/mol. The summed E-state index contributed by atoms with van der Waals surface area (Å²) in [5.41, 5.74) is 5.11. The van der Waals surface area contributed by atoms with Gasteiger partial charge in [0.15, 0.2) is 5.00 Å². The molecule has 0 aliphatic carbocycles. The molecule has 7 nitrogen and oxygen atoms in total. The fourth-order valence-corrected chi connectivity index (χ4v) is 4.26. The molecule has 120 valence electrons. The van der Waals surface area contributed by atoms with E-state index in [1.807, 2.05) is 6.92 Å². The predicted octanol–water partition coefficient (Wildman–Crippen LogP) is 2.73. The Hall–Kier alpha value is -1.19. The zero-order valence-corrected chi connectivity index (χ0v) is 13.8. The Morgan fingerprint density at radius 1 is 1.48 bits per heavy atom. The van der Waals surface area contributed by atoms with E-state index in [1.165, 1.54) is 0 Å². The van der Waals surface area contributed by atoms with Crippen LogP contribution in [0.3, 0.4) is 0 Å². The standard InChI is InChI=1S/C12H21N3O4S2/c1-3-5-6-9(4-2)8-14-21(18,19)11-7-10(15(16)17)12(13)20-11/h7,9,14H,3-6,8,13H2,1-2H3. The van der Waals surface area contributed by atoms with Crippen LogP contribution < -0.4 is 10.5 Å². The van der Waals surface area contributed by atoms with Crippen LogP contribution in [0.1, 0.15) is 39.5 Å². The molecule has 1 rings (SSSR count). The number of sulfonamides is 1. The number of hydrogen-bond acceptors (Lipinski definition) is 6. The van der Waals surface area contributed by atoms with Crippen molar-refractivity contribution in [1.29, 1.82) is 0 Å². The van der Waals surface area contributed by atoms with Crippen LogP contribution in [0.4, 0.5) is 10.7 Å². The molecule has 0 spiro atoms. The molecule has 0 bridgehead atoms. The summed E-state index contributed by atoms with van der Waals surface area (Å²) in [4.78, 5) is 10.0. The van der Waals surface area contributed by atoms with Crippen molar-refractivity contribution in [2.24, 2.45) is 5.92 Å². The molecule has 3 N–H and O–H groups in total. The van der Waals surface area contributed by atoms with Gasteiger partial charge in [0.1, 0.15) is 4.21 Å². The lowest BCUT2D eigenvalue weighted by Gasteiger charge is -2.14. The molecule has 21 heavy (non-hydrogen) atoms. The van der Waals surface area contributed by atoms with Gasteiger partial charge < -0.3 is 5.73 Å². The molecule has 1 unspecified atom stereocenters. The highest BCUT2D eigenvalue weighted by molar-refractivity contribution is 7.91. The van der Waals surface area contributed by atoms with Crippen molar-refractivity contribution in [1.82, 2.24) is 4.72 Å². The van der Waals surface area contributed by atoms with Crippen molar-refractivity contribution in [3.8, 4) is 0 Å². The van der Waals surface area contributed by atoms with Crippen LogP contribution >= 0.6 is 11.3 Å². The largest absolute Gasteiger partial charge is 0.385 e. The third-order valence-corrected chi connectivity index (χ3v) is 6.14. The number of unbranched alkanes of at least 4 members (excludes halogenated alkanes) is 1. The van der Waals surface area contributed by atoms with E-state index in [2.05, 4.69) is 11.6 Å². The normalized spacial score (nSPS) is 13.2. The minimum absolute atomic E-state index is 0.0987. The summed E-state index contributed by atoms with van der Waals surface area (Å²) in [6, 6.07) is 1.01. The van der Waals surface area contributed by atoms with Crippen LogP contribution in [0, 0.1) is 16.0 Å². The van der Waals surface area contributed by atoms with Crippen molar-refractivity contribution in [2.75, 3.05) is 12.3 Å². The van der Waals surface area contributed by atoms with E-state index in [-0.39, 0.29) is 20.8 Å². The van der Waals surface area contributed by atoms with Crippen LogP contribution in [-0.2, 0) is 10.0 Å². The highest BCUT2D eigenvalue weighted by Gasteiger charge is 2.25. The Morgan fingerprint density at radius 3 is 2.62 bits per heavy atom. The molecule has 9 heteroatoms. The van der Waals surface area contributed by atoms with Gasteiger partial charge in [-0.1, -0.05) is 44.4 Å². The van der Waals surface area contributed by atoms with Gasteiger partial charge in [0.05, 0.1) is 4.92 Å². The van der Waals surface area contributed by atoms with Gasteiger partial charge in [0.25, 0.3) is 0 Å². The van der Waals surface area contributed by atoms with Gasteiger partial charge in [0.2, 0.25) is 10.0 Å². The molecule has 0 aliphatic heterocycles. The molecule has 1 heterocycles. The first-order valence-corrected chi connectivity index (χ1v) is 9.15. The molecule has 0 aliphatic rings. The van der Waals surface area contributed by atoms with Gasteiger partial charge in [0, 0.05) is 12.6 Å². The molecule has 1 atom stereocenters. The van der Waals surface area contributed by atoms with Gasteiger partial charge >= 0.3 is 5.69 Å². The second-order valence-electron chi connectivity index (χ2n) is 4.84. The van der Waals surface area contributed by atoms with Crippen molar-refractivity contribution in [3.63, 3.8) is 0 Å². The molecule has 0 fully saturated rings. The molecule has 0 amide bonds. The van der Waals surface area contributed by atoms with Crippen molar-refractivity contribution >= 4 is 32.0 Å². The summed E-state index contributed by atoms with van der Waals surface area (Å²) in [7, 11) is -3.74. The summed E-state index contributed by atoms with van der Waals surface area (Å²) in [6.45, 7) is 4.44. The number of thiophene rings is 1. The molecule has 1 aromatic heterocycles. The maximum absolute atomic E-state index is 12.1. The lowest BCUT2D eigenvalue weighted by atomic mass is 10.00. The summed E-state index contributed by atoms with van der Waals surface area (Å²) in [6.07, 6.45) is 3.96. The average Bonchev–Trinajstić information content (AvgIpc) is 2.82. The van der Waals surface area contributed by atoms with E-state index in [0.29, 0.717) is 17.9 Å². The van der Waals surface area contributed by atoms with Gasteiger partial charge in [-0.25, -0.2) is 13.1 Å². The van der Waals surface area contributed by atoms with Crippen LogP contribution in [-0.4, -0.2) is 19.9 Å². The summed E-state index contributed by atoms with van der Waals surface area (Å²) in [5.74, 6) is 0.270. The number of nitrogen functional groups attached to an aromatic ring is 1. The molecule has 0 saturated carbocycles. The van der Waals surface area contributed by atoms with E-state index in [0.717, 1.165) is 31.7 Å². The zero-order valence-electron chi connectivity index (χ0n) is 12.2. The Balaban J connectivity index is 2.77. The summed E-state index contributed by atoms with van der Waals surface area (Å²) < 4.78 is 26.7. The van der Waals surface area contributed by atoms with Crippen LogP contribution in [0.5, 0.6) is 0 Å². The number of nitrogens with zero attached hydrogens (tertiary/aromatic N) is 1. The van der Waals surface area contributed by atoms with E-state index < -0.39 is 14.9 Å². The SMILES string of the molecule is CCCCC(CC)CNS(=O)(=O)c1cc([N+](=O)[O-])c(N)s1. The second-order valence-corrected chi connectivity index (χ2v) is 7.92. The summed E-state index contributed by atoms with van der Waals surface area (Å²) in [5, 5.41) is 10.6. The molecule has 0 radical (unpaired) electrons. The van der Waals surface area contributed by atoms with E-state index >= 15 is 0 Å². The number of rotatable bonds is 9. The third-order valence-electron chi connectivity index (χ3n) is 3.28.